The summed E-state index contributed by atoms with van der Waals surface area (Å²) in [5.41, 5.74) is 0. The second-order valence-electron chi connectivity index (χ2n) is 2.81. The Labute approximate surface area is 81.5 Å². The first-order valence-electron chi connectivity index (χ1n) is 5.11. The minimum atomic E-state index is -0.682. The van der Waals surface area contributed by atoms with Crippen LogP contribution >= 0.6 is 0 Å². The summed E-state index contributed by atoms with van der Waals surface area (Å²) >= 11 is 0. The lowest BCUT2D eigenvalue weighted by Gasteiger charge is -1.89. The van der Waals surface area contributed by atoms with Crippen LogP contribution in [0.5, 0.6) is 0 Å². The predicted octanol–water partition coefficient (Wildman–Crippen LogP) is 2.27. The maximum Gasteiger partial charge on any atom is 0.303 e. The second-order valence-corrected chi connectivity index (χ2v) is 2.81. The second kappa shape index (κ2) is 14.0. The van der Waals surface area contributed by atoms with Crippen LogP contribution in [0.25, 0.3) is 0 Å². The van der Waals surface area contributed by atoms with Gasteiger partial charge >= 0.3 is 5.97 Å². The van der Waals surface area contributed by atoms with Gasteiger partial charge in [-0.05, 0) is 19.5 Å². The Kier molecular flexibility index (Phi) is 16.1. The van der Waals surface area contributed by atoms with Crippen molar-refractivity contribution >= 4 is 5.97 Å². The van der Waals surface area contributed by atoms with Gasteiger partial charge in [0.15, 0.2) is 0 Å². The molecule has 0 fully saturated rings. The molecule has 0 unspecified atom stereocenters. The summed E-state index contributed by atoms with van der Waals surface area (Å²) in [6.45, 7) is 8.45. The highest BCUT2D eigenvalue weighted by Gasteiger charge is 1.92. The third-order valence-corrected chi connectivity index (χ3v) is 1.49. The zero-order valence-electron chi connectivity index (χ0n) is 9.10. The highest BCUT2D eigenvalue weighted by Crippen LogP contribution is 1.97. The van der Waals surface area contributed by atoms with Crippen molar-refractivity contribution in [2.24, 2.45) is 0 Å². The Morgan fingerprint density at radius 1 is 1.15 bits per heavy atom. The topological polar surface area (TPSA) is 49.3 Å². The lowest BCUT2D eigenvalue weighted by molar-refractivity contribution is -0.137. The molecule has 0 bridgehead atoms. The van der Waals surface area contributed by atoms with Crippen molar-refractivity contribution in [3.8, 4) is 0 Å². The average molecular weight is 189 g/mol. The Morgan fingerprint density at radius 3 is 1.92 bits per heavy atom. The van der Waals surface area contributed by atoms with E-state index in [0.29, 0.717) is 6.42 Å². The first-order valence-corrected chi connectivity index (χ1v) is 5.11. The maximum absolute atomic E-state index is 9.87. The Hall–Kier alpha value is -0.570. The smallest absolute Gasteiger partial charge is 0.303 e. The molecule has 0 saturated heterocycles. The Morgan fingerprint density at radius 2 is 1.69 bits per heavy atom. The fourth-order valence-corrected chi connectivity index (χ4v) is 0.776. The molecule has 0 amide bonds. The highest BCUT2D eigenvalue weighted by molar-refractivity contribution is 5.66. The third-order valence-electron chi connectivity index (χ3n) is 1.49. The molecule has 0 rings (SSSR count). The molecular weight excluding hydrogens is 166 g/mol. The predicted molar refractivity (Wildman–Crippen MR) is 56.0 cm³/mol. The molecule has 0 aromatic carbocycles. The molecule has 0 radical (unpaired) electrons. The number of carbonyl (C=O) groups is 1. The molecule has 0 aliphatic heterocycles. The quantitative estimate of drug-likeness (QED) is 0.630. The molecule has 0 spiro atoms. The molecule has 0 aliphatic carbocycles. The van der Waals surface area contributed by atoms with Crippen molar-refractivity contribution in [2.75, 3.05) is 13.1 Å². The van der Waals surface area contributed by atoms with Gasteiger partial charge in [0.1, 0.15) is 0 Å². The van der Waals surface area contributed by atoms with Crippen LogP contribution in [-0.2, 0) is 4.79 Å². The van der Waals surface area contributed by atoms with E-state index in [4.69, 9.17) is 5.11 Å². The van der Waals surface area contributed by atoms with Crippen LogP contribution in [0.4, 0.5) is 0 Å². The van der Waals surface area contributed by atoms with Gasteiger partial charge in [0, 0.05) is 6.42 Å². The van der Waals surface area contributed by atoms with E-state index in [1.54, 1.807) is 0 Å². The molecule has 13 heavy (non-hydrogen) atoms. The average Bonchev–Trinajstić information content (AvgIpc) is 2.07. The fraction of sp³-hybridized carbons (Fsp3) is 0.900. The molecule has 80 valence electrons. The summed E-state index contributed by atoms with van der Waals surface area (Å²) in [4.78, 5) is 9.87. The van der Waals surface area contributed by atoms with Crippen LogP contribution in [0, 0.1) is 0 Å². The van der Waals surface area contributed by atoms with Gasteiger partial charge in [-0.15, -0.1) is 0 Å². The molecule has 3 heteroatoms. The highest BCUT2D eigenvalue weighted by atomic mass is 16.4. The van der Waals surface area contributed by atoms with Crippen molar-refractivity contribution in [2.45, 2.75) is 46.5 Å². The minimum absolute atomic E-state index is 0.327. The van der Waals surface area contributed by atoms with E-state index in [1.807, 2.05) is 0 Å². The SMILES string of the molecule is CCCCCC(=O)O.CCNCC. The molecule has 3 nitrogen and oxygen atoms in total. The molecule has 0 aliphatic rings. The summed E-state index contributed by atoms with van der Waals surface area (Å²) < 4.78 is 0. The lowest BCUT2D eigenvalue weighted by atomic mass is 10.2. The van der Waals surface area contributed by atoms with Crippen LogP contribution in [0.15, 0.2) is 0 Å². The van der Waals surface area contributed by atoms with E-state index in [0.717, 1.165) is 32.4 Å². The Balaban J connectivity index is 0. The van der Waals surface area contributed by atoms with Gasteiger partial charge in [-0.25, -0.2) is 0 Å². The van der Waals surface area contributed by atoms with Crippen molar-refractivity contribution in [1.82, 2.24) is 5.32 Å². The number of nitrogens with one attached hydrogen (secondary N) is 1. The van der Waals surface area contributed by atoms with Crippen LogP contribution in [0.3, 0.4) is 0 Å². The van der Waals surface area contributed by atoms with E-state index < -0.39 is 5.97 Å². The van der Waals surface area contributed by atoms with Crippen LogP contribution in [0.1, 0.15) is 46.5 Å². The monoisotopic (exact) mass is 189 g/mol. The summed E-state index contributed by atoms with van der Waals surface area (Å²) in [6, 6.07) is 0. The minimum Gasteiger partial charge on any atom is -0.481 e. The lowest BCUT2D eigenvalue weighted by Crippen LogP contribution is -2.09. The van der Waals surface area contributed by atoms with Crippen LogP contribution in [-0.4, -0.2) is 24.2 Å². The molecule has 0 aromatic rings. The maximum atomic E-state index is 9.87. The fourth-order valence-electron chi connectivity index (χ4n) is 0.776. The first-order chi connectivity index (χ1) is 6.18. The first kappa shape index (κ1) is 14.9. The van der Waals surface area contributed by atoms with Crippen molar-refractivity contribution in [1.29, 1.82) is 0 Å². The van der Waals surface area contributed by atoms with E-state index in [9.17, 15) is 4.79 Å². The number of carboxylic acid groups (broad SMARTS) is 1. The van der Waals surface area contributed by atoms with Gasteiger partial charge in [-0.3, -0.25) is 4.79 Å². The molecule has 0 aromatic heterocycles. The zero-order chi connectivity index (χ0) is 10.5. The normalized spacial score (nSPS) is 8.85. The van der Waals surface area contributed by atoms with Gasteiger partial charge in [0.25, 0.3) is 0 Å². The molecule has 2 N–H and O–H groups in total. The van der Waals surface area contributed by atoms with Crippen LogP contribution in [0.2, 0.25) is 0 Å². The summed E-state index contributed by atoms with van der Waals surface area (Å²) in [6.07, 6.45) is 3.28. The van der Waals surface area contributed by atoms with E-state index >= 15 is 0 Å². The van der Waals surface area contributed by atoms with Crippen molar-refractivity contribution in [3.05, 3.63) is 0 Å². The molecule has 0 heterocycles. The number of unbranched alkanes of at least 4 members (excludes halogenated alkanes) is 2. The largest absolute Gasteiger partial charge is 0.481 e. The van der Waals surface area contributed by atoms with Crippen LogP contribution < -0.4 is 5.32 Å². The third kappa shape index (κ3) is 24.6. The van der Waals surface area contributed by atoms with E-state index in [2.05, 4.69) is 26.1 Å². The number of aliphatic carboxylic acids is 1. The molecule has 0 saturated carbocycles. The summed E-state index contributed by atoms with van der Waals surface area (Å²) in [5.74, 6) is -0.682. The Bertz CT molecular complexity index is 103. The van der Waals surface area contributed by atoms with Gasteiger partial charge in [-0.2, -0.15) is 0 Å². The van der Waals surface area contributed by atoms with Gasteiger partial charge < -0.3 is 10.4 Å². The summed E-state index contributed by atoms with van der Waals surface area (Å²) in [7, 11) is 0. The molecular formula is C10H23NO2. The van der Waals surface area contributed by atoms with Crippen molar-refractivity contribution in [3.63, 3.8) is 0 Å². The van der Waals surface area contributed by atoms with E-state index in [-0.39, 0.29) is 0 Å². The number of rotatable bonds is 6. The number of carboxylic acids is 1. The number of hydrogen-bond acceptors (Lipinski definition) is 2. The van der Waals surface area contributed by atoms with Gasteiger partial charge in [-0.1, -0.05) is 33.6 Å². The van der Waals surface area contributed by atoms with Gasteiger partial charge in [0.05, 0.1) is 0 Å². The van der Waals surface area contributed by atoms with Gasteiger partial charge in [0.2, 0.25) is 0 Å². The zero-order valence-corrected chi connectivity index (χ0v) is 9.10. The molecule has 0 atom stereocenters. The summed E-state index contributed by atoms with van der Waals surface area (Å²) in [5, 5.41) is 11.3. The number of hydrogen-bond donors (Lipinski definition) is 2. The van der Waals surface area contributed by atoms with E-state index in [1.165, 1.54) is 0 Å². The standard InChI is InChI=1S/C6H12O2.C4H11N/c1-2-3-4-5-6(7)8;1-3-5-4-2/h2-5H2,1H3,(H,7,8);5H,3-4H2,1-2H3. The van der Waals surface area contributed by atoms with Crippen molar-refractivity contribution < 1.29 is 9.90 Å².